The van der Waals surface area contributed by atoms with Crippen molar-refractivity contribution in [3.63, 3.8) is 0 Å². The van der Waals surface area contributed by atoms with E-state index in [1.54, 1.807) is 0 Å². The Hall–Kier alpha value is -2.09. The molecule has 4 rings (SSSR count). The van der Waals surface area contributed by atoms with Crippen LogP contribution in [-0.2, 0) is 10.2 Å². The van der Waals surface area contributed by atoms with Crippen molar-refractivity contribution >= 4 is 27.3 Å². The first-order chi connectivity index (χ1) is 12.2. The summed E-state index contributed by atoms with van der Waals surface area (Å²) in [7, 11) is -3.62. The Bertz CT molecular complexity index is 835. The molecular weight excluding hydrogens is 336 g/mol. The maximum Gasteiger partial charge on any atom is 0.331 e. The quantitative estimate of drug-likeness (QED) is 0.905. The molecule has 1 saturated heterocycles. The van der Waals surface area contributed by atoms with Crippen molar-refractivity contribution in [1.82, 2.24) is 10.2 Å². The van der Waals surface area contributed by atoms with Crippen molar-refractivity contribution in [1.29, 1.82) is 0 Å². The third-order valence-corrected chi connectivity index (χ3v) is 6.50. The molecule has 2 heterocycles. The summed E-state index contributed by atoms with van der Waals surface area (Å²) in [5, 5.41) is 3.32. The van der Waals surface area contributed by atoms with Gasteiger partial charge in [0.05, 0.1) is 17.1 Å². The molecule has 1 N–H and O–H groups in total. The summed E-state index contributed by atoms with van der Waals surface area (Å²) in [6.45, 7) is 5.02. The van der Waals surface area contributed by atoms with Crippen LogP contribution in [0, 0.1) is 0 Å². The van der Waals surface area contributed by atoms with Gasteiger partial charge in [-0.05, 0) is 24.3 Å². The molecule has 0 aliphatic carbocycles. The lowest BCUT2D eigenvalue weighted by Gasteiger charge is -2.29. The number of nitrogens with zero attached hydrogens (tertiary/aromatic N) is 3. The standard InChI is InChI=1S/C18H22N4O2S/c23-25(24)21(15-14-20-12-10-19-11-13-20)17-8-4-5-9-18(17)22(25)16-6-2-1-3-7-16/h1-9,19H,10-15H2. The number of rotatable bonds is 4. The Balaban J connectivity index is 1.65. The predicted octanol–water partition coefficient (Wildman–Crippen LogP) is 1.79. The highest BCUT2D eigenvalue weighted by Crippen LogP contribution is 2.44. The summed E-state index contributed by atoms with van der Waals surface area (Å²) in [5.74, 6) is 0. The number of benzene rings is 2. The first-order valence-corrected chi connectivity index (χ1v) is 9.98. The summed E-state index contributed by atoms with van der Waals surface area (Å²) in [6.07, 6.45) is 0. The molecule has 7 heteroatoms. The van der Waals surface area contributed by atoms with Gasteiger partial charge in [0, 0.05) is 39.3 Å². The molecule has 2 aliphatic heterocycles. The Morgan fingerprint density at radius 3 is 2.20 bits per heavy atom. The number of nitrogens with one attached hydrogen (secondary N) is 1. The van der Waals surface area contributed by atoms with Crippen LogP contribution in [0.2, 0.25) is 0 Å². The number of hydrogen-bond donors (Lipinski definition) is 1. The molecule has 132 valence electrons. The lowest BCUT2D eigenvalue weighted by molar-refractivity contribution is 0.248. The fourth-order valence-corrected chi connectivity index (χ4v) is 5.14. The van der Waals surface area contributed by atoms with E-state index < -0.39 is 10.2 Å². The zero-order valence-electron chi connectivity index (χ0n) is 14.0. The second-order valence-corrected chi connectivity index (χ2v) is 7.96. The SMILES string of the molecule is O=S1(=O)N(CCN2CCNCC2)c2ccccc2N1c1ccccc1. The molecule has 0 saturated carbocycles. The monoisotopic (exact) mass is 358 g/mol. The van der Waals surface area contributed by atoms with E-state index in [-0.39, 0.29) is 0 Å². The van der Waals surface area contributed by atoms with E-state index >= 15 is 0 Å². The number of anilines is 3. The number of hydrogen-bond acceptors (Lipinski definition) is 4. The Labute approximate surface area is 148 Å². The van der Waals surface area contributed by atoms with E-state index in [9.17, 15) is 8.42 Å². The highest BCUT2D eigenvalue weighted by molar-refractivity contribution is 7.95. The van der Waals surface area contributed by atoms with Crippen molar-refractivity contribution in [2.45, 2.75) is 0 Å². The molecule has 2 aromatic carbocycles. The van der Waals surface area contributed by atoms with E-state index in [0.29, 0.717) is 17.9 Å². The normalized spacial score (nSPS) is 19.8. The summed E-state index contributed by atoms with van der Waals surface area (Å²) in [4.78, 5) is 2.31. The lowest BCUT2D eigenvalue weighted by Crippen LogP contribution is -2.47. The van der Waals surface area contributed by atoms with Gasteiger partial charge in [0.1, 0.15) is 0 Å². The molecule has 0 aromatic heterocycles. The molecule has 1 fully saturated rings. The van der Waals surface area contributed by atoms with E-state index in [2.05, 4.69) is 10.2 Å². The summed E-state index contributed by atoms with van der Waals surface area (Å²) in [6, 6.07) is 16.8. The smallest absolute Gasteiger partial charge is 0.314 e. The van der Waals surface area contributed by atoms with Crippen LogP contribution in [-0.4, -0.2) is 52.6 Å². The molecule has 0 spiro atoms. The zero-order valence-corrected chi connectivity index (χ0v) is 14.8. The summed E-state index contributed by atoms with van der Waals surface area (Å²) >= 11 is 0. The van der Waals surface area contributed by atoms with Gasteiger partial charge in [-0.3, -0.25) is 4.90 Å². The lowest BCUT2D eigenvalue weighted by atomic mass is 10.2. The largest absolute Gasteiger partial charge is 0.331 e. The maximum atomic E-state index is 13.2. The van der Waals surface area contributed by atoms with Gasteiger partial charge in [-0.25, -0.2) is 8.61 Å². The third-order valence-electron chi connectivity index (χ3n) is 4.70. The molecule has 6 nitrogen and oxygen atoms in total. The van der Waals surface area contributed by atoms with Crippen molar-refractivity contribution in [3.8, 4) is 0 Å². The minimum atomic E-state index is -3.62. The highest BCUT2D eigenvalue weighted by atomic mass is 32.2. The van der Waals surface area contributed by atoms with E-state index in [4.69, 9.17) is 0 Å². The maximum absolute atomic E-state index is 13.2. The van der Waals surface area contributed by atoms with Crippen molar-refractivity contribution < 1.29 is 8.42 Å². The molecular formula is C18H22N4O2S. The first kappa shape index (κ1) is 16.4. The minimum Gasteiger partial charge on any atom is -0.314 e. The van der Waals surface area contributed by atoms with Gasteiger partial charge in [-0.1, -0.05) is 30.3 Å². The average Bonchev–Trinajstić information content (AvgIpc) is 2.87. The Morgan fingerprint density at radius 2 is 1.48 bits per heavy atom. The van der Waals surface area contributed by atoms with Gasteiger partial charge in [0.2, 0.25) is 0 Å². The number of para-hydroxylation sites is 3. The van der Waals surface area contributed by atoms with Crippen molar-refractivity contribution in [2.75, 3.05) is 47.9 Å². The topological polar surface area (TPSA) is 55.9 Å². The Kier molecular flexibility index (Phi) is 4.37. The van der Waals surface area contributed by atoms with Gasteiger partial charge in [0.25, 0.3) is 0 Å². The molecule has 0 amide bonds. The van der Waals surface area contributed by atoms with Crippen LogP contribution in [0.15, 0.2) is 54.6 Å². The molecule has 2 aliphatic rings. The molecule has 0 bridgehead atoms. The number of fused-ring (bicyclic) bond motifs is 1. The van der Waals surface area contributed by atoms with Gasteiger partial charge in [-0.15, -0.1) is 0 Å². The molecule has 0 radical (unpaired) electrons. The predicted molar refractivity (Wildman–Crippen MR) is 101 cm³/mol. The van der Waals surface area contributed by atoms with Crippen LogP contribution in [0.5, 0.6) is 0 Å². The minimum absolute atomic E-state index is 0.461. The van der Waals surface area contributed by atoms with Crippen LogP contribution < -0.4 is 13.9 Å². The van der Waals surface area contributed by atoms with Crippen LogP contribution in [0.4, 0.5) is 17.1 Å². The fraction of sp³-hybridized carbons (Fsp3) is 0.333. The molecule has 25 heavy (non-hydrogen) atoms. The van der Waals surface area contributed by atoms with E-state index in [1.165, 1.54) is 8.61 Å². The van der Waals surface area contributed by atoms with Crippen LogP contribution in [0.1, 0.15) is 0 Å². The molecule has 2 aromatic rings. The average molecular weight is 358 g/mol. The van der Waals surface area contributed by atoms with Gasteiger partial charge >= 0.3 is 10.2 Å². The van der Waals surface area contributed by atoms with Crippen LogP contribution in [0.3, 0.4) is 0 Å². The third kappa shape index (κ3) is 2.99. The second-order valence-electron chi connectivity index (χ2n) is 6.26. The van der Waals surface area contributed by atoms with Gasteiger partial charge < -0.3 is 5.32 Å². The van der Waals surface area contributed by atoms with E-state index in [1.807, 2.05) is 54.6 Å². The van der Waals surface area contributed by atoms with Crippen LogP contribution >= 0.6 is 0 Å². The highest BCUT2D eigenvalue weighted by Gasteiger charge is 2.40. The zero-order chi connectivity index (χ0) is 17.3. The fourth-order valence-electron chi connectivity index (χ4n) is 3.43. The summed E-state index contributed by atoms with van der Waals surface area (Å²) < 4.78 is 29.5. The number of piperazine rings is 1. The van der Waals surface area contributed by atoms with Crippen molar-refractivity contribution in [3.05, 3.63) is 54.6 Å². The Morgan fingerprint density at radius 1 is 0.840 bits per heavy atom. The van der Waals surface area contributed by atoms with Crippen molar-refractivity contribution in [2.24, 2.45) is 0 Å². The second kappa shape index (κ2) is 6.67. The first-order valence-electron chi connectivity index (χ1n) is 8.58. The van der Waals surface area contributed by atoms with Gasteiger partial charge in [0.15, 0.2) is 0 Å². The van der Waals surface area contributed by atoms with Crippen LogP contribution in [0.25, 0.3) is 0 Å². The summed E-state index contributed by atoms with van der Waals surface area (Å²) in [5.41, 5.74) is 2.13. The molecule has 0 unspecified atom stereocenters. The molecule has 0 atom stereocenters. The van der Waals surface area contributed by atoms with E-state index in [0.717, 1.165) is 38.4 Å². The van der Waals surface area contributed by atoms with Gasteiger partial charge in [-0.2, -0.15) is 8.42 Å².